The van der Waals surface area contributed by atoms with Crippen molar-refractivity contribution in [3.8, 4) is 0 Å². The van der Waals surface area contributed by atoms with Crippen LogP contribution >= 0.6 is 0 Å². The van der Waals surface area contributed by atoms with Gasteiger partial charge in [0.05, 0.1) is 6.26 Å². The summed E-state index contributed by atoms with van der Waals surface area (Å²) in [7, 11) is -3.67. The van der Waals surface area contributed by atoms with Gasteiger partial charge in [-0.3, -0.25) is 4.55 Å². The summed E-state index contributed by atoms with van der Waals surface area (Å²) >= 11 is 2.05. The third kappa shape index (κ3) is 71.4. The molecule has 0 saturated carbocycles. The molecule has 0 aliphatic rings. The smallest absolute Gasteiger partial charge is 0.286 e. The summed E-state index contributed by atoms with van der Waals surface area (Å²) in [5, 5.41) is 0. The van der Waals surface area contributed by atoms with E-state index in [1.54, 1.807) is 0 Å². The minimum Gasteiger partial charge on any atom is -0.286 e. The molecule has 5 heteroatoms. The van der Waals surface area contributed by atoms with Crippen molar-refractivity contribution in [3.63, 3.8) is 0 Å². The standard InChI is InChI=1S/C4H9.CH4O3S.Mg/c1-3-4-2;1-5(2,3)4;/h1,3-4H2,2H3;1H3,(H,2,3,4);/q;;+2. The Kier molecular flexibility index (Phi) is 10.3. The average molecular weight is 178 g/mol. The Hall–Kier alpha value is 0.676. The van der Waals surface area contributed by atoms with E-state index in [1.165, 1.54) is 17.4 Å². The van der Waals surface area contributed by atoms with Crippen LogP contribution in [0.25, 0.3) is 0 Å². The molecule has 0 rings (SSSR count). The molecule has 3 nitrogen and oxygen atoms in total. The van der Waals surface area contributed by atoms with Gasteiger partial charge in [-0.25, -0.2) is 0 Å². The third-order valence-electron chi connectivity index (χ3n) is 0.604. The molecule has 0 amide bonds. The first-order valence-corrected chi connectivity index (χ1v) is 5.98. The van der Waals surface area contributed by atoms with Crippen LogP contribution in [0.3, 0.4) is 0 Å². The second-order valence-electron chi connectivity index (χ2n) is 1.94. The lowest BCUT2D eigenvalue weighted by Crippen LogP contribution is -1.88. The van der Waals surface area contributed by atoms with Crippen LogP contribution in [0.1, 0.15) is 19.8 Å². The van der Waals surface area contributed by atoms with E-state index >= 15 is 0 Å². The SMILES string of the molecule is CCC[CH2][Mg+2].CS(=O)(=O)O. The fourth-order valence-corrected chi connectivity index (χ4v) is 0.750. The summed E-state index contributed by atoms with van der Waals surface area (Å²) in [6.45, 7) is 2.22. The Morgan fingerprint density at radius 3 is 1.80 bits per heavy atom. The molecule has 0 atom stereocenters. The molecule has 0 spiro atoms. The summed E-state index contributed by atoms with van der Waals surface area (Å²) in [5.41, 5.74) is 0. The molecule has 0 aromatic heterocycles. The second-order valence-corrected chi connectivity index (χ2v) is 4.11. The predicted molar refractivity (Wildman–Crippen MR) is 42.9 cm³/mol. The van der Waals surface area contributed by atoms with E-state index in [1.807, 2.05) is 21.7 Å². The first-order valence-electron chi connectivity index (χ1n) is 3.13. The molecule has 0 aliphatic heterocycles. The monoisotopic (exact) mass is 177 g/mol. The highest BCUT2D eigenvalue weighted by molar-refractivity contribution is 7.85. The Morgan fingerprint density at radius 1 is 1.50 bits per heavy atom. The number of unbranched alkanes of at least 4 members (excludes halogenated alkanes) is 1. The van der Waals surface area contributed by atoms with Crippen molar-refractivity contribution >= 4 is 31.8 Å². The number of hydrogen-bond donors (Lipinski definition) is 1. The minimum atomic E-state index is -3.67. The van der Waals surface area contributed by atoms with Gasteiger partial charge in [0.25, 0.3) is 14.7 Å². The quantitative estimate of drug-likeness (QED) is 0.503. The van der Waals surface area contributed by atoms with E-state index in [9.17, 15) is 8.42 Å². The van der Waals surface area contributed by atoms with E-state index in [0.717, 1.165) is 0 Å². The molecular formula is C5H13MgO3S+2. The fraction of sp³-hybridized carbons (Fsp3) is 1.00. The Labute approximate surface area is 75.4 Å². The number of rotatable bonds is 2. The lowest BCUT2D eigenvalue weighted by atomic mass is 10.4. The van der Waals surface area contributed by atoms with Crippen LogP contribution in [0.2, 0.25) is 4.55 Å². The van der Waals surface area contributed by atoms with Gasteiger partial charge in [0, 0.05) is 6.42 Å². The molecule has 0 saturated heterocycles. The van der Waals surface area contributed by atoms with Crippen LogP contribution < -0.4 is 0 Å². The van der Waals surface area contributed by atoms with Crippen molar-refractivity contribution in [2.24, 2.45) is 0 Å². The van der Waals surface area contributed by atoms with Gasteiger partial charge in [0.1, 0.15) is 0 Å². The van der Waals surface area contributed by atoms with Gasteiger partial charge in [0.2, 0.25) is 0 Å². The molecule has 0 aromatic carbocycles. The van der Waals surface area contributed by atoms with Gasteiger partial charge >= 0.3 is 21.7 Å². The largest absolute Gasteiger partial charge is 1.41 e. The van der Waals surface area contributed by atoms with Crippen molar-refractivity contribution < 1.29 is 13.0 Å². The highest BCUT2D eigenvalue weighted by Crippen LogP contribution is 1.86. The van der Waals surface area contributed by atoms with Crippen molar-refractivity contribution in [2.45, 2.75) is 24.3 Å². The van der Waals surface area contributed by atoms with Crippen molar-refractivity contribution in [1.82, 2.24) is 0 Å². The first kappa shape index (κ1) is 13.3. The molecule has 7 radical (unpaired) electrons. The topological polar surface area (TPSA) is 54.4 Å². The Balaban J connectivity index is 0. The zero-order valence-electron chi connectivity index (χ0n) is 6.50. The first-order chi connectivity index (χ1) is 4.41. The summed E-state index contributed by atoms with van der Waals surface area (Å²) in [4.78, 5) is 0. The summed E-state index contributed by atoms with van der Waals surface area (Å²) in [6.07, 6.45) is 3.47. The number of hydrogen-bond acceptors (Lipinski definition) is 2. The molecule has 0 unspecified atom stereocenters. The van der Waals surface area contributed by atoms with E-state index in [-0.39, 0.29) is 0 Å². The van der Waals surface area contributed by atoms with E-state index in [4.69, 9.17) is 4.55 Å². The summed E-state index contributed by atoms with van der Waals surface area (Å²) in [6, 6.07) is 0. The molecule has 0 aliphatic carbocycles. The van der Waals surface area contributed by atoms with Gasteiger partial charge in [-0.1, -0.05) is 6.92 Å². The molecule has 1 N–H and O–H groups in total. The van der Waals surface area contributed by atoms with Gasteiger partial charge < -0.3 is 0 Å². The average Bonchev–Trinajstić information content (AvgIpc) is 1.63. The molecule has 0 fully saturated rings. The van der Waals surface area contributed by atoms with Crippen LogP contribution in [0.4, 0.5) is 0 Å². The highest BCUT2D eigenvalue weighted by atomic mass is 32.2. The van der Waals surface area contributed by atoms with Crippen LogP contribution in [0.15, 0.2) is 0 Å². The van der Waals surface area contributed by atoms with Crippen LogP contribution in [0, 0.1) is 0 Å². The fourth-order valence-electron chi connectivity index (χ4n) is 0.250. The van der Waals surface area contributed by atoms with Crippen LogP contribution in [-0.4, -0.2) is 40.9 Å². The maximum Gasteiger partial charge on any atom is 1.41 e. The molecular weight excluding hydrogens is 164 g/mol. The highest BCUT2D eigenvalue weighted by Gasteiger charge is 2.19. The lowest BCUT2D eigenvalue weighted by Gasteiger charge is -1.69. The summed E-state index contributed by atoms with van der Waals surface area (Å²) in [5.74, 6) is 0. The minimum absolute atomic E-state index is 0.715. The van der Waals surface area contributed by atoms with E-state index in [0.29, 0.717) is 6.26 Å². The second kappa shape index (κ2) is 7.78. The third-order valence-corrected chi connectivity index (χ3v) is 1.10. The molecule has 57 valence electrons. The van der Waals surface area contributed by atoms with Crippen LogP contribution in [-0.2, 0) is 10.1 Å². The zero-order valence-corrected chi connectivity index (χ0v) is 8.73. The van der Waals surface area contributed by atoms with Gasteiger partial charge in [-0.15, -0.1) is 0 Å². The van der Waals surface area contributed by atoms with Crippen molar-refractivity contribution in [2.75, 3.05) is 6.26 Å². The summed E-state index contributed by atoms with van der Waals surface area (Å²) < 4.78 is 27.2. The maximum atomic E-state index is 9.19. The van der Waals surface area contributed by atoms with Crippen LogP contribution in [0.5, 0.6) is 0 Å². The molecule has 0 aromatic rings. The van der Waals surface area contributed by atoms with Gasteiger partial charge in [0.15, 0.2) is 0 Å². The molecule has 10 heavy (non-hydrogen) atoms. The van der Waals surface area contributed by atoms with E-state index in [2.05, 4.69) is 6.92 Å². The van der Waals surface area contributed by atoms with Gasteiger partial charge in [-0.05, 0) is 6.42 Å². The van der Waals surface area contributed by atoms with Crippen molar-refractivity contribution in [1.29, 1.82) is 0 Å². The van der Waals surface area contributed by atoms with Crippen molar-refractivity contribution in [3.05, 3.63) is 0 Å². The molecule has 0 bridgehead atoms. The Morgan fingerprint density at radius 2 is 1.80 bits per heavy atom. The molecule has 0 heterocycles. The predicted octanol–water partition coefficient (Wildman–Crippen LogP) is 0.877. The zero-order chi connectivity index (χ0) is 8.62. The van der Waals surface area contributed by atoms with Gasteiger partial charge in [-0.2, -0.15) is 8.42 Å². The van der Waals surface area contributed by atoms with E-state index < -0.39 is 10.1 Å². The maximum absolute atomic E-state index is 9.19. The normalized spacial score (nSPS) is 10.0. The Bertz CT molecular complexity index is 131. The lowest BCUT2D eigenvalue weighted by molar-refractivity contribution is 0.490.